The molecule has 2 aliphatic heterocycles. The normalized spacial score (nSPS) is 18.2. The molecule has 7 heteroatoms. The molecule has 7 nitrogen and oxygen atoms in total. The van der Waals surface area contributed by atoms with Crippen molar-refractivity contribution in [2.24, 2.45) is 0 Å². The number of methoxy groups -OCH3 is 1. The number of rotatable bonds is 9. The van der Waals surface area contributed by atoms with Crippen LogP contribution in [-0.4, -0.2) is 62.1 Å². The van der Waals surface area contributed by atoms with Crippen LogP contribution in [0.5, 0.6) is 5.75 Å². The molecule has 2 aliphatic rings. The van der Waals surface area contributed by atoms with E-state index < -0.39 is 0 Å². The van der Waals surface area contributed by atoms with Crippen LogP contribution in [0.1, 0.15) is 17.0 Å². The van der Waals surface area contributed by atoms with Crippen LogP contribution in [0.3, 0.4) is 0 Å². The summed E-state index contributed by atoms with van der Waals surface area (Å²) >= 11 is 0. The van der Waals surface area contributed by atoms with Crippen molar-refractivity contribution in [2.75, 3.05) is 51.4 Å². The minimum Gasteiger partial charge on any atom is -0.497 e. The van der Waals surface area contributed by atoms with Gasteiger partial charge in [0.25, 0.3) is 0 Å². The molecule has 0 unspecified atom stereocenters. The number of aromatic nitrogens is 1. The van der Waals surface area contributed by atoms with Crippen LogP contribution in [0, 0.1) is 0 Å². The van der Waals surface area contributed by atoms with E-state index in [1.54, 1.807) is 7.11 Å². The number of para-hydroxylation sites is 1. The summed E-state index contributed by atoms with van der Waals surface area (Å²) < 4.78 is 16.6. The first-order chi connectivity index (χ1) is 16.2. The van der Waals surface area contributed by atoms with Crippen molar-refractivity contribution in [3.8, 4) is 5.75 Å². The number of nitrogens with one attached hydrogen (secondary N) is 1. The van der Waals surface area contributed by atoms with Gasteiger partial charge in [-0.25, -0.2) is 0 Å². The monoisotopic (exact) mass is 448 g/mol. The lowest BCUT2D eigenvalue weighted by atomic mass is 9.91. The van der Waals surface area contributed by atoms with Crippen molar-refractivity contribution in [1.82, 2.24) is 15.4 Å². The van der Waals surface area contributed by atoms with Crippen molar-refractivity contribution >= 4 is 5.69 Å². The predicted octanol–water partition coefficient (Wildman–Crippen LogP) is 3.11. The zero-order chi connectivity index (χ0) is 22.5. The first kappa shape index (κ1) is 21.9. The van der Waals surface area contributed by atoms with E-state index in [2.05, 4.69) is 68.8 Å². The molecule has 0 radical (unpaired) electrons. The van der Waals surface area contributed by atoms with E-state index in [9.17, 15) is 0 Å². The Morgan fingerprint density at radius 2 is 1.82 bits per heavy atom. The first-order valence-corrected chi connectivity index (χ1v) is 11.6. The zero-order valence-electron chi connectivity index (χ0n) is 19.2. The average molecular weight is 449 g/mol. The van der Waals surface area contributed by atoms with Crippen LogP contribution >= 0.6 is 0 Å². The molecule has 1 aromatic heterocycles. The Bertz CT molecular complexity index is 1030. The Hall–Kier alpha value is -2.87. The Morgan fingerprint density at radius 1 is 1.00 bits per heavy atom. The number of hydrogen-bond donors (Lipinski definition) is 1. The fourth-order valence-corrected chi connectivity index (χ4v) is 4.57. The third-order valence-electron chi connectivity index (χ3n) is 6.56. The van der Waals surface area contributed by atoms with Crippen molar-refractivity contribution in [2.45, 2.75) is 25.0 Å². The van der Waals surface area contributed by atoms with Crippen LogP contribution < -0.4 is 15.0 Å². The molecule has 0 spiro atoms. The van der Waals surface area contributed by atoms with E-state index in [0.717, 1.165) is 62.9 Å². The predicted molar refractivity (Wildman–Crippen MR) is 128 cm³/mol. The van der Waals surface area contributed by atoms with Crippen LogP contribution in [0.4, 0.5) is 5.69 Å². The molecular formula is C26H32N4O3. The fourth-order valence-electron chi connectivity index (χ4n) is 4.57. The number of anilines is 1. The summed E-state index contributed by atoms with van der Waals surface area (Å²) in [5.74, 6) is 1.81. The molecule has 1 N–H and O–H groups in total. The minimum absolute atomic E-state index is 0.0987. The van der Waals surface area contributed by atoms with Gasteiger partial charge in [0.1, 0.15) is 5.75 Å². The van der Waals surface area contributed by atoms with Gasteiger partial charge in [-0.1, -0.05) is 35.5 Å². The minimum atomic E-state index is -0.0987. The largest absolute Gasteiger partial charge is 0.497 e. The highest BCUT2D eigenvalue weighted by atomic mass is 16.5. The molecule has 3 heterocycles. The molecule has 0 atom stereocenters. The number of nitrogens with zero attached hydrogens (tertiary/aromatic N) is 3. The van der Waals surface area contributed by atoms with Crippen LogP contribution in [0.2, 0.25) is 0 Å². The van der Waals surface area contributed by atoms with E-state index in [-0.39, 0.29) is 5.54 Å². The second-order valence-corrected chi connectivity index (χ2v) is 9.04. The molecule has 5 rings (SSSR count). The Balaban J connectivity index is 1.13. The lowest BCUT2D eigenvalue weighted by molar-refractivity contribution is -0.0755. The van der Waals surface area contributed by atoms with Crippen molar-refractivity contribution in [1.29, 1.82) is 0 Å². The molecule has 2 fully saturated rings. The molecule has 0 saturated carbocycles. The lowest BCUT2D eigenvalue weighted by Gasteiger charge is -2.42. The Morgan fingerprint density at radius 3 is 2.55 bits per heavy atom. The van der Waals surface area contributed by atoms with Gasteiger partial charge < -0.3 is 24.2 Å². The van der Waals surface area contributed by atoms with Gasteiger partial charge in [-0.3, -0.25) is 4.90 Å². The average Bonchev–Trinajstić information content (AvgIpc) is 3.28. The number of piperazine rings is 1. The maximum Gasteiger partial charge on any atom is 0.150 e. The van der Waals surface area contributed by atoms with Gasteiger partial charge in [-0.05, 0) is 29.8 Å². The molecule has 0 aliphatic carbocycles. The highest BCUT2D eigenvalue weighted by Gasteiger charge is 2.39. The van der Waals surface area contributed by atoms with Gasteiger partial charge in [0.2, 0.25) is 0 Å². The zero-order valence-corrected chi connectivity index (χ0v) is 19.2. The summed E-state index contributed by atoms with van der Waals surface area (Å²) in [5.41, 5.74) is 3.37. The highest BCUT2D eigenvalue weighted by Crippen LogP contribution is 2.24. The molecule has 0 bridgehead atoms. The maximum atomic E-state index is 5.70. The summed E-state index contributed by atoms with van der Waals surface area (Å²) in [5, 5.41) is 8.05. The molecule has 2 saturated heterocycles. The third kappa shape index (κ3) is 5.38. The van der Waals surface area contributed by atoms with Gasteiger partial charge >= 0.3 is 0 Å². The van der Waals surface area contributed by atoms with E-state index in [0.29, 0.717) is 13.2 Å². The van der Waals surface area contributed by atoms with Crippen molar-refractivity contribution in [3.05, 3.63) is 77.7 Å². The third-order valence-corrected chi connectivity index (χ3v) is 6.56. The first-order valence-electron chi connectivity index (χ1n) is 11.6. The van der Waals surface area contributed by atoms with Crippen LogP contribution in [0.25, 0.3) is 0 Å². The summed E-state index contributed by atoms with van der Waals surface area (Å²) in [6.07, 6.45) is 0.794. The van der Waals surface area contributed by atoms with Crippen LogP contribution in [0.15, 0.2) is 65.2 Å². The quantitative estimate of drug-likeness (QED) is 0.540. The van der Waals surface area contributed by atoms with Gasteiger partial charge in [0, 0.05) is 50.9 Å². The van der Waals surface area contributed by atoms with E-state index in [1.807, 2.05) is 12.1 Å². The molecule has 33 heavy (non-hydrogen) atoms. The van der Waals surface area contributed by atoms with E-state index >= 15 is 0 Å². The molecule has 0 amide bonds. The van der Waals surface area contributed by atoms with Crippen molar-refractivity contribution in [3.63, 3.8) is 0 Å². The second-order valence-electron chi connectivity index (χ2n) is 9.04. The standard InChI is InChI=1S/C26H32N4O3/c1-31-24-9-5-6-21(14-24)17-27-26(19-32-20-26)16-22-15-25(33-28-22)18-29-10-12-30(13-11-29)23-7-3-2-4-8-23/h2-9,14-15,27H,10-13,16-20H2,1H3. The Kier molecular flexibility index (Phi) is 6.62. The topological polar surface area (TPSA) is 63.0 Å². The smallest absolute Gasteiger partial charge is 0.150 e. The summed E-state index contributed by atoms with van der Waals surface area (Å²) in [7, 11) is 1.69. The van der Waals surface area contributed by atoms with Gasteiger partial charge in [-0.2, -0.15) is 0 Å². The van der Waals surface area contributed by atoms with Gasteiger partial charge in [-0.15, -0.1) is 0 Å². The van der Waals surface area contributed by atoms with Gasteiger partial charge in [0.05, 0.1) is 38.1 Å². The lowest BCUT2D eigenvalue weighted by Crippen LogP contribution is -2.61. The number of hydrogen-bond acceptors (Lipinski definition) is 7. The van der Waals surface area contributed by atoms with Gasteiger partial charge in [0.15, 0.2) is 5.76 Å². The molecular weight excluding hydrogens is 416 g/mol. The van der Waals surface area contributed by atoms with Crippen LogP contribution in [-0.2, 0) is 24.2 Å². The summed E-state index contributed by atoms with van der Waals surface area (Å²) in [4.78, 5) is 4.88. The number of benzene rings is 2. The summed E-state index contributed by atoms with van der Waals surface area (Å²) in [6.45, 7) is 7.02. The molecule has 174 valence electrons. The maximum absolute atomic E-state index is 5.70. The Labute approximate surface area is 195 Å². The van der Waals surface area contributed by atoms with E-state index in [4.69, 9.17) is 14.0 Å². The fraction of sp³-hybridized carbons (Fsp3) is 0.423. The SMILES string of the molecule is COc1cccc(CNC2(Cc3cc(CN4CCN(c5ccccc5)CC4)on3)COC2)c1. The summed E-state index contributed by atoms with van der Waals surface area (Å²) in [6, 6.07) is 20.9. The number of ether oxygens (including phenoxy) is 2. The van der Waals surface area contributed by atoms with Crippen molar-refractivity contribution < 1.29 is 14.0 Å². The molecule has 3 aromatic rings. The highest BCUT2D eigenvalue weighted by molar-refractivity contribution is 5.46. The van der Waals surface area contributed by atoms with E-state index in [1.165, 1.54) is 11.3 Å². The molecule has 2 aromatic carbocycles. The second kappa shape index (κ2) is 9.95.